The van der Waals surface area contributed by atoms with Crippen molar-refractivity contribution in [1.82, 2.24) is 0 Å². The topological polar surface area (TPSA) is 26.0 Å². The van der Waals surface area contributed by atoms with Crippen molar-refractivity contribution in [3.63, 3.8) is 0 Å². The van der Waals surface area contributed by atoms with Crippen LogP contribution in [0.1, 0.15) is 0 Å². The standard InChI is InChI=1S/C13H13NS.ClH/c1-15-12-9-5-8-11(13(12)14)10-6-3-2-4-7-10;/h2-9H,14H2,1H3;1H. The minimum absolute atomic E-state index is 0. The lowest BCUT2D eigenvalue weighted by molar-refractivity contribution is 1.46. The number of para-hydroxylation sites is 1. The normalized spacial score (nSPS) is 9.56. The van der Waals surface area contributed by atoms with E-state index in [-0.39, 0.29) is 12.4 Å². The van der Waals surface area contributed by atoms with E-state index in [2.05, 4.69) is 18.2 Å². The highest BCUT2D eigenvalue weighted by atomic mass is 35.5. The molecule has 0 aromatic heterocycles. The average molecular weight is 252 g/mol. The molecule has 2 aromatic rings. The fourth-order valence-corrected chi connectivity index (χ4v) is 2.14. The van der Waals surface area contributed by atoms with Crippen LogP contribution >= 0.6 is 24.2 Å². The van der Waals surface area contributed by atoms with E-state index in [9.17, 15) is 0 Å². The number of halogens is 1. The molecular weight excluding hydrogens is 238 g/mol. The van der Waals surface area contributed by atoms with Gasteiger partial charge in [-0.2, -0.15) is 0 Å². The van der Waals surface area contributed by atoms with Gasteiger partial charge in [0, 0.05) is 10.5 Å². The largest absolute Gasteiger partial charge is 0.397 e. The Hall–Kier alpha value is -1.12. The molecule has 0 bridgehead atoms. The van der Waals surface area contributed by atoms with Crippen molar-refractivity contribution in [3.05, 3.63) is 48.5 Å². The van der Waals surface area contributed by atoms with Gasteiger partial charge in [-0.3, -0.25) is 0 Å². The Bertz CT molecular complexity index is 457. The molecule has 3 heteroatoms. The summed E-state index contributed by atoms with van der Waals surface area (Å²) in [4.78, 5) is 1.14. The summed E-state index contributed by atoms with van der Waals surface area (Å²) in [5, 5.41) is 0. The maximum atomic E-state index is 6.11. The highest BCUT2D eigenvalue weighted by molar-refractivity contribution is 7.98. The first-order valence-corrected chi connectivity index (χ1v) is 6.03. The molecule has 2 rings (SSSR count). The maximum Gasteiger partial charge on any atom is 0.0531 e. The molecule has 0 fully saturated rings. The molecule has 84 valence electrons. The summed E-state index contributed by atoms with van der Waals surface area (Å²) in [6.07, 6.45) is 2.04. The Labute approximate surface area is 106 Å². The van der Waals surface area contributed by atoms with Crippen molar-refractivity contribution in [2.75, 3.05) is 12.0 Å². The molecule has 0 saturated carbocycles. The van der Waals surface area contributed by atoms with Crippen LogP contribution in [0.25, 0.3) is 11.1 Å². The van der Waals surface area contributed by atoms with Crippen LogP contribution in [0.2, 0.25) is 0 Å². The Kier molecular flexibility index (Phi) is 4.71. The van der Waals surface area contributed by atoms with Gasteiger partial charge in [-0.05, 0) is 17.9 Å². The molecule has 0 aliphatic rings. The molecule has 0 aliphatic carbocycles. The van der Waals surface area contributed by atoms with Crippen LogP contribution in [0.3, 0.4) is 0 Å². The Morgan fingerprint density at radius 1 is 0.938 bits per heavy atom. The van der Waals surface area contributed by atoms with Crippen LogP contribution in [0.4, 0.5) is 5.69 Å². The van der Waals surface area contributed by atoms with Crippen molar-refractivity contribution in [3.8, 4) is 11.1 Å². The van der Waals surface area contributed by atoms with Gasteiger partial charge in [-0.25, -0.2) is 0 Å². The zero-order chi connectivity index (χ0) is 10.7. The fraction of sp³-hybridized carbons (Fsp3) is 0.0769. The number of nitrogens with two attached hydrogens (primary N) is 1. The third-order valence-corrected chi connectivity index (χ3v) is 3.17. The molecule has 0 amide bonds. The minimum Gasteiger partial charge on any atom is -0.397 e. The van der Waals surface area contributed by atoms with Crippen LogP contribution in [0.15, 0.2) is 53.4 Å². The van der Waals surface area contributed by atoms with Crippen LogP contribution < -0.4 is 5.73 Å². The zero-order valence-electron chi connectivity index (χ0n) is 9.01. The summed E-state index contributed by atoms with van der Waals surface area (Å²) >= 11 is 1.68. The number of hydrogen-bond donors (Lipinski definition) is 1. The van der Waals surface area contributed by atoms with E-state index in [0.29, 0.717) is 0 Å². The zero-order valence-corrected chi connectivity index (χ0v) is 10.6. The lowest BCUT2D eigenvalue weighted by Gasteiger charge is -2.09. The number of nitrogen functional groups attached to an aromatic ring is 1. The second-order valence-electron chi connectivity index (χ2n) is 3.29. The molecule has 0 radical (unpaired) electrons. The molecule has 2 N–H and O–H groups in total. The summed E-state index contributed by atoms with van der Waals surface area (Å²) in [5.41, 5.74) is 9.26. The Morgan fingerprint density at radius 3 is 2.25 bits per heavy atom. The van der Waals surface area contributed by atoms with E-state index < -0.39 is 0 Å². The van der Waals surface area contributed by atoms with Crippen LogP contribution in [0.5, 0.6) is 0 Å². The highest BCUT2D eigenvalue weighted by Crippen LogP contribution is 2.32. The second-order valence-corrected chi connectivity index (χ2v) is 4.14. The third-order valence-electron chi connectivity index (χ3n) is 2.37. The van der Waals surface area contributed by atoms with E-state index in [0.717, 1.165) is 16.1 Å². The molecule has 0 spiro atoms. The summed E-state index contributed by atoms with van der Waals surface area (Å²) < 4.78 is 0. The van der Waals surface area contributed by atoms with Gasteiger partial charge in [0.1, 0.15) is 0 Å². The van der Waals surface area contributed by atoms with Crippen LogP contribution in [-0.4, -0.2) is 6.26 Å². The summed E-state index contributed by atoms with van der Waals surface area (Å²) in [5.74, 6) is 0. The smallest absolute Gasteiger partial charge is 0.0531 e. The summed E-state index contributed by atoms with van der Waals surface area (Å²) in [6, 6.07) is 16.4. The SMILES string of the molecule is CSc1cccc(-c2ccccc2)c1N.Cl. The molecule has 0 saturated heterocycles. The van der Waals surface area contributed by atoms with E-state index in [4.69, 9.17) is 5.73 Å². The first-order chi connectivity index (χ1) is 7.33. The fourth-order valence-electron chi connectivity index (χ4n) is 1.59. The number of anilines is 1. The molecule has 0 atom stereocenters. The molecule has 1 nitrogen and oxygen atoms in total. The number of rotatable bonds is 2. The maximum absolute atomic E-state index is 6.11. The Balaban J connectivity index is 0.00000128. The lowest BCUT2D eigenvalue weighted by Crippen LogP contribution is -1.92. The predicted octanol–water partition coefficient (Wildman–Crippen LogP) is 4.08. The van der Waals surface area contributed by atoms with Gasteiger partial charge in [0.15, 0.2) is 0 Å². The first-order valence-electron chi connectivity index (χ1n) is 4.81. The van der Waals surface area contributed by atoms with Crippen molar-refractivity contribution in [2.24, 2.45) is 0 Å². The lowest BCUT2D eigenvalue weighted by atomic mass is 10.0. The minimum atomic E-state index is 0. The van der Waals surface area contributed by atoms with Crippen molar-refractivity contribution in [1.29, 1.82) is 0 Å². The molecule has 2 aromatic carbocycles. The number of hydrogen-bond acceptors (Lipinski definition) is 2. The molecule has 16 heavy (non-hydrogen) atoms. The number of thioether (sulfide) groups is 1. The quantitative estimate of drug-likeness (QED) is 0.643. The molecule has 0 aliphatic heterocycles. The summed E-state index contributed by atoms with van der Waals surface area (Å²) in [7, 11) is 0. The van der Waals surface area contributed by atoms with Crippen LogP contribution in [-0.2, 0) is 0 Å². The van der Waals surface area contributed by atoms with E-state index in [1.165, 1.54) is 5.56 Å². The van der Waals surface area contributed by atoms with Gasteiger partial charge in [-0.15, -0.1) is 24.2 Å². The number of benzene rings is 2. The molecule has 0 unspecified atom stereocenters. The van der Waals surface area contributed by atoms with Crippen molar-refractivity contribution in [2.45, 2.75) is 4.90 Å². The second kappa shape index (κ2) is 5.83. The van der Waals surface area contributed by atoms with E-state index >= 15 is 0 Å². The highest BCUT2D eigenvalue weighted by Gasteiger charge is 2.05. The predicted molar refractivity (Wildman–Crippen MR) is 75.3 cm³/mol. The third kappa shape index (κ3) is 2.52. The monoisotopic (exact) mass is 251 g/mol. The van der Waals surface area contributed by atoms with Crippen molar-refractivity contribution >= 4 is 29.9 Å². The van der Waals surface area contributed by atoms with E-state index in [1.807, 2.05) is 36.6 Å². The van der Waals surface area contributed by atoms with Gasteiger partial charge >= 0.3 is 0 Å². The summed E-state index contributed by atoms with van der Waals surface area (Å²) in [6.45, 7) is 0. The van der Waals surface area contributed by atoms with Gasteiger partial charge in [0.2, 0.25) is 0 Å². The molecular formula is C13H14ClNS. The van der Waals surface area contributed by atoms with Gasteiger partial charge in [-0.1, -0.05) is 42.5 Å². The Morgan fingerprint density at radius 2 is 1.62 bits per heavy atom. The average Bonchev–Trinajstić information content (AvgIpc) is 2.30. The van der Waals surface area contributed by atoms with Gasteiger partial charge in [0.05, 0.1) is 5.69 Å². The van der Waals surface area contributed by atoms with Gasteiger partial charge in [0.25, 0.3) is 0 Å². The van der Waals surface area contributed by atoms with Gasteiger partial charge < -0.3 is 5.73 Å². The molecule has 0 heterocycles. The first kappa shape index (κ1) is 12.9. The van der Waals surface area contributed by atoms with E-state index in [1.54, 1.807) is 11.8 Å². The van der Waals surface area contributed by atoms with Crippen LogP contribution in [0, 0.1) is 0 Å². The van der Waals surface area contributed by atoms with Crippen molar-refractivity contribution < 1.29 is 0 Å².